The molecule has 0 unspecified atom stereocenters. The van der Waals surface area contributed by atoms with Gasteiger partial charge in [0, 0.05) is 17.4 Å². The summed E-state index contributed by atoms with van der Waals surface area (Å²) in [5.41, 5.74) is 1.68. The van der Waals surface area contributed by atoms with E-state index in [2.05, 4.69) is 20.4 Å². The number of fused-ring (bicyclic) bond motifs is 1. The van der Waals surface area contributed by atoms with E-state index in [1.165, 1.54) is 4.52 Å². The fourth-order valence-corrected chi connectivity index (χ4v) is 1.60. The van der Waals surface area contributed by atoms with Gasteiger partial charge in [-0.25, -0.2) is 9.50 Å². The molecule has 2 aromatic heterocycles. The van der Waals surface area contributed by atoms with Crippen molar-refractivity contribution in [3.63, 3.8) is 0 Å². The van der Waals surface area contributed by atoms with Gasteiger partial charge in [0.1, 0.15) is 0 Å². The Morgan fingerprint density at radius 2 is 2.22 bits per heavy atom. The Morgan fingerprint density at radius 3 is 2.89 bits per heavy atom. The van der Waals surface area contributed by atoms with Crippen molar-refractivity contribution in [1.29, 1.82) is 0 Å². The Balaban J connectivity index is 2.35. The number of rotatable bonds is 3. The van der Waals surface area contributed by atoms with Crippen LogP contribution in [0, 0.1) is 13.8 Å². The van der Waals surface area contributed by atoms with Crippen molar-refractivity contribution >= 4 is 11.7 Å². The first-order valence-corrected chi connectivity index (χ1v) is 5.64. The molecule has 2 N–H and O–H groups in total. The topological polar surface area (TPSA) is 92.4 Å². The molecule has 1 atom stereocenters. The largest absolute Gasteiger partial charge is 0.394 e. The van der Waals surface area contributed by atoms with Crippen LogP contribution in [0.25, 0.3) is 5.78 Å². The maximum Gasteiger partial charge on any atom is 0.291 e. The predicted octanol–water partition coefficient (Wildman–Crippen LogP) is -0.148. The molecule has 1 amide bonds. The molecular formula is C11H15N5O2. The van der Waals surface area contributed by atoms with Crippen LogP contribution in [-0.2, 0) is 0 Å². The molecule has 2 rings (SSSR count). The van der Waals surface area contributed by atoms with Gasteiger partial charge < -0.3 is 10.4 Å². The van der Waals surface area contributed by atoms with Crippen molar-refractivity contribution in [2.75, 3.05) is 6.61 Å². The number of carbonyl (C=O) groups is 1. The molecule has 0 aliphatic rings. The minimum absolute atomic E-state index is 0.0523. The molecule has 0 saturated carbocycles. The zero-order valence-corrected chi connectivity index (χ0v) is 10.5. The monoisotopic (exact) mass is 249 g/mol. The Labute approximate surface area is 104 Å². The lowest BCUT2D eigenvalue weighted by molar-refractivity contribution is 0.0912. The summed E-state index contributed by atoms with van der Waals surface area (Å²) < 4.78 is 1.52. The smallest absolute Gasteiger partial charge is 0.291 e. The van der Waals surface area contributed by atoms with E-state index in [0.717, 1.165) is 11.4 Å². The fourth-order valence-electron chi connectivity index (χ4n) is 1.60. The van der Waals surface area contributed by atoms with E-state index < -0.39 is 5.91 Å². The zero-order chi connectivity index (χ0) is 13.3. The van der Waals surface area contributed by atoms with Gasteiger partial charge in [-0.2, -0.15) is 4.98 Å². The summed E-state index contributed by atoms with van der Waals surface area (Å²) in [6.07, 6.45) is 0. The predicted molar refractivity (Wildman–Crippen MR) is 64.3 cm³/mol. The SMILES string of the molecule is Cc1cc(C)n2nc(C(=O)N[C@H](C)CO)nc2n1. The minimum atomic E-state index is -0.417. The van der Waals surface area contributed by atoms with Crippen molar-refractivity contribution in [2.24, 2.45) is 0 Å². The van der Waals surface area contributed by atoms with E-state index in [9.17, 15) is 4.79 Å². The first-order valence-electron chi connectivity index (χ1n) is 5.64. The van der Waals surface area contributed by atoms with Gasteiger partial charge in [-0.1, -0.05) is 0 Å². The molecule has 0 saturated heterocycles. The van der Waals surface area contributed by atoms with Crippen molar-refractivity contribution in [2.45, 2.75) is 26.8 Å². The molecule has 0 fully saturated rings. The van der Waals surface area contributed by atoms with Gasteiger partial charge in [-0.15, -0.1) is 5.10 Å². The summed E-state index contributed by atoms with van der Waals surface area (Å²) in [5.74, 6) is 0.0323. The van der Waals surface area contributed by atoms with Crippen LogP contribution in [0.5, 0.6) is 0 Å². The first-order chi connectivity index (χ1) is 8.51. The van der Waals surface area contributed by atoms with Crippen LogP contribution in [0.15, 0.2) is 6.07 Å². The Hall–Kier alpha value is -2.02. The number of hydrogen-bond acceptors (Lipinski definition) is 5. The number of nitrogens with zero attached hydrogens (tertiary/aromatic N) is 4. The van der Waals surface area contributed by atoms with Crippen LogP contribution >= 0.6 is 0 Å². The van der Waals surface area contributed by atoms with E-state index in [0.29, 0.717) is 5.78 Å². The highest BCUT2D eigenvalue weighted by Crippen LogP contribution is 2.05. The number of carbonyl (C=O) groups excluding carboxylic acids is 1. The van der Waals surface area contributed by atoms with E-state index in [1.807, 2.05) is 19.9 Å². The summed E-state index contributed by atoms with van der Waals surface area (Å²) >= 11 is 0. The number of aliphatic hydroxyl groups excluding tert-OH is 1. The van der Waals surface area contributed by atoms with Gasteiger partial charge >= 0.3 is 0 Å². The third-order valence-corrected chi connectivity index (χ3v) is 2.47. The molecule has 2 aromatic rings. The number of aromatic nitrogens is 4. The highest BCUT2D eigenvalue weighted by molar-refractivity contribution is 5.91. The molecule has 0 aromatic carbocycles. The van der Waals surface area contributed by atoms with Gasteiger partial charge in [-0.3, -0.25) is 4.79 Å². The second-order valence-electron chi connectivity index (χ2n) is 4.24. The van der Waals surface area contributed by atoms with E-state index in [1.54, 1.807) is 6.92 Å². The van der Waals surface area contributed by atoms with Crippen LogP contribution < -0.4 is 5.32 Å². The molecule has 0 aliphatic carbocycles. The molecule has 7 heteroatoms. The normalized spacial score (nSPS) is 12.7. The average Bonchev–Trinajstić information content (AvgIpc) is 2.72. The molecule has 0 spiro atoms. The standard InChI is InChI=1S/C11H15N5O2/c1-6-4-8(3)16-11(13-6)14-9(15-16)10(18)12-7(2)5-17/h4,7,17H,5H2,1-3H3,(H,12,18)/t7-/m1/s1. The molecule has 2 heterocycles. The summed E-state index contributed by atoms with van der Waals surface area (Å²) in [5, 5.41) is 15.6. The van der Waals surface area contributed by atoms with Crippen LogP contribution in [-0.4, -0.2) is 43.2 Å². The van der Waals surface area contributed by atoms with Crippen molar-refractivity contribution in [3.8, 4) is 0 Å². The Morgan fingerprint density at radius 1 is 1.50 bits per heavy atom. The lowest BCUT2D eigenvalue weighted by Crippen LogP contribution is -2.35. The molecule has 7 nitrogen and oxygen atoms in total. The molecule has 96 valence electrons. The summed E-state index contributed by atoms with van der Waals surface area (Å²) in [6, 6.07) is 1.53. The molecule has 0 radical (unpaired) electrons. The number of hydrogen-bond donors (Lipinski definition) is 2. The molecular weight excluding hydrogens is 234 g/mol. The summed E-state index contributed by atoms with van der Waals surface area (Å²) in [4.78, 5) is 20.1. The third kappa shape index (κ3) is 2.30. The third-order valence-electron chi connectivity index (χ3n) is 2.47. The Kier molecular flexibility index (Phi) is 3.24. The van der Waals surface area contributed by atoms with E-state index in [-0.39, 0.29) is 18.5 Å². The summed E-state index contributed by atoms with van der Waals surface area (Å²) in [7, 11) is 0. The summed E-state index contributed by atoms with van der Waals surface area (Å²) in [6.45, 7) is 5.29. The van der Waals surface area contributed by atoms with Crippen molar-refractivity contribution in [3.05, 3.63) is 23.3 Å². The second-order valence-corrected chi connectivity index (χ2v) is 4.24. The maximum atomic E-state index is 11.8. The van der Waals surface area contributed by atoms with Gasteiger partial charge in [0.15, 0.2) is 0 Å². The van der Waals surface area contributed by atoms with Crippen molar-refractivity contribution < 1.29 is 9.90 Å². The van der Waals surface area contributed by atoms with Gasteiger partial charge in [0.2, 0.25) is 5.82 Å². The van der Waals surface area contributed by atoms with E-state index >= 15 is 0 Å². The second kappa shape index (κ2) is 4.69. The zero-order valence-electron chi connectivity index (χ0n) is 10.5. The van der Waals surface area contributed by atoms with Crippen LogP contribution in [0.4, 0.5) is 0 Å². The number of aryl methyl sites for hydroxylation is 2. The first kappa shape index (κ1) is 12.4. The lowest BCUT2D eigenvalue weighted by Gasteiger charge is -2.07. The number of aliphatic hydroxyl groups is 1. The fraction of sp³-hybridized carbons (Fsp3) is 0.455. The van der Waals surface area contributed by atoms with Crippen LogP contribution in [0.2, 0.25) is 0 Å². The van der Waals surface area contributed by atoms with Crippen LogP contribution in [0.3, 0.4) is 0 Å². The number of nitrogens with one attached hydrogen (secondary N) is 1. The van der Waals surface area contributed by atoms with Gasteiger partial charge in [0.25, 0.3) is 11.7 Å². The van der Waals surface area contributed by atoms with Crippen LogP contribution in [0.1, 0.15) is 28.9 Å². The molecule has 18 heavy (non-hydrogen) atoms. The minimum Gasteiger partial charge on any atom is -0.394 e. The van der Waals surface area contributed by atoms with Gasteiger partial charge in [-0.05, 0) is 26.8 Å². The van der Waals surface area contributed by atoms with Crippen molar-refractivity contribution in [1.82, 2.24) is 24.9 Å². The van der Waals surface area contributed by atoms with E-state index in [4.69, 9.17) is 5.11 Å². The molecule has 0 bridgehead atoms. The average molecular weight is 249 g/mol. The number of amides is 1. The quantitative estimate of drug-likeness (QED) is 0.789. The highest BCUT2D eigenvalue weighted by atomic mass is 16.3. The Bertz CT molecular complexity index is 592. The lowest BCUT2D eigenvalue weighted by atomic mass is 10.3. The highest BCUT2D eigenvalue weighted by Gasteiger charge is 2.16. The molecule has 0 aliphatic heterocycles. The van der Waals surface area contributed by atoms with Gasteiger partial charge in [0.05, 0.1) is 6.61 Å². The maximum absolute atomic E-state index is 11.8.